The molecule has 2 aliphatic rings. The number of amides is 1. The van der Waals surface area contributed by atoms with Crippen molar-refractivity contribution in [2.24, 2.45) is 23.7 Å². The first-order chi connectivity index (χ1) is 18.2. The number of β-lactam (4-membered cyclic amide) rings is 1. The number of carbonyl (C=O) groups is 2. The lowest BCUT2D eigenvalue weighted by Gasteiger charge is -2.51. The molecule has 0 radical (unpaired) electrons. The van der Waals surface area contributed by atoms with Crippen LogP contribution in [0.25, 0.3) is 0 Å². The summed E-state index contributed by atoms with van der Waals surface area (Å²) >= 11 is 0. The molecule has 7 nitrogen and oxygen atoms in total. The van der Waals surface area contributed by atoms with Crippen LogP contribution in [0.1, 0.15) is 64.1 Å². The minimum absolute atomic E-state index is 0.195. The number of aliphatic hydroxyl groups is 1. The molecule has 1 amide bonds. The third-order valence-corrected chi connectivity index (χ3v) is 8.31. The molecule has 0 bridgehead atoms. The van der Waals surface area contributed by atoms with Gasteiger partial charge in [0.05, 0.1) is 32.3 Å². The quantitative estimate of drug-likeness (QED) is 0.368. The Morgan fingerprint density at radius 3 is 1.89 bits per heavy atom. The Labute approximate surface area is 226 Å². The Hall–Kier alpha value is -3.06. The van der Waals surface area contributed by atoms with Crippen LogP contribution in [0.5, 0.6) is 11.5 Å². The average molecular weight is 524 g/mol. The molecule has 2 aromatic carbocycles. The monoisotopic (exact) mass is 523 g/mol. The van der Waals surface area contributed by atoms with E-state index in [0.717, 1.165) is 30.4 Å². The third-order valence-electron chi connectivity index (χ3n) is 8.31. The van der Waals surface area contributed by atoms with Crippen LogP contribution in [0.3, 0.4) is 0 Å². The zero-order valence-electron chi connectivity index (χ0n) is 23.3. The Morgan fingerprint density at radius 2 is 1.45 bits per heavy atom. The fraction of sp³-hybridized carbons (Fsp3) is 0.548. The molecule has 4 rings (SSSR count). The highest BCUT2D eigenvalue weighted by Crippen LogP contribution is 2.43. The molecule has 206 valence electrons. The van der Waals surface area contributed by atoms with E-state index in [0.29, 0.717) is 23.3 Å². The molecule has 1 aliphatic carbocycles. The van der Waals surface area contributed by atoms with Crippen molar-refractivity contribution in [2.75, 3.05) is 14.2 Å². The summed E-state index contributed by atoms with van der Waals surface area (Å²) in [5, 5.41) is 10.5. The second kappa shape index (κ2) is 11.8. The number of carbonyl (C=O) groups excluding carboxylic acids is 2. The molecule has 4 unspecified atom stereocenters. The van der Waals surface area contributed by atoms with Crippen LogP contribution in [-0.2, 0) is 14.3 Å². The normalized spacial score (nSPS) is 26.2. The van der Waals surface area contributed by atoms with E-state index in [1.165, 1.54) is 0 Å². The fourth-order valence-corrected chi connectivity index (χ4v) is 6.11. The Balaban J connectivity index is 1.70. The number of nitrogens with zero attached hydrogens (tertiary/aromatic N) is 1. The molecule has 6 atom stereocenters. The molecule has 2 aromatic rings. The predicted molar refractivity (Wildman–Crippen MR) is 145 cm³/mol. The van der Waals surface area contributed by atoms with Gasteiger partial charge in [-0.25, -0.2) is 4.79 Å². The summed E-state index contributed by atoms with van der Waals surface area (Å²) in [5.41, 5.74) is 1.66. The maximum atomic E-state index is 13.8. The zero-order valence-corrected chi connectivity index (χ0v) is 23.3. The number of hydrogen-bond donors (Lipinski definition) is 1. The third kappa shape index (κ3) is 5.53. The van der Waals surface area contributed by atoms with Crippen molar-refractivity contribution in [3.05, 3.63) is 59.7 Å². The van der Waals surface area contributed by atoms with Crippen LogP contribution in [-0.4, -0.2) is 54.4 Å². The van der Waals surface area contributed by atoms with Crippen molar-refractivity contribution in [1.29, 1.82) is 0 Å². The van der Waals surface area contributed by atoms with Gasteiger partial charge in [-0.3, -0.25) is 4.79 Å². The summed E-state index contributed by atoms with van der Waals surface area (Å²) in [4.78, 5) is 29.0. The van der Waals surface area contributed by atoms with Crippen LogP contribution in [0, 0.1) is 23.7 Å². The van der Waals surface area contributed by atoms with Crippen LogP contribution >= 0.6 is 0 Å². The molecule has 0 aromatic heterocycles. The number of ether oxygens (including phenoxy) is 3. The van der Waals surface area contributed by atoms with Crippen molar-refractivity contribution >= 4 is 11.9 Å². The first-order valence-corrected chi connectivity index (χ1v) is 13.6. The number of likely N-dealkylation sites (tertiary alicyclic amines) is 1. The lowest BCUT2D eigenvalue weighted by atomic mass is 9.75. The van der Waals surface area contributed by atoms with Crippen molar-refractivity contribution in [2.45, 2.75) is 71.2 Å². The van der Waals surface area contributed by atoms with Gasteiger partial charge in [0.25, 0.3) is 0 Å². The van der Waals surface area contributed by atoms with Gasteiger partial charge < -0.3 is 24.2 Å². The van der Waals surface area contributed by atoms with Gasteiger partial charge in [0.15, 0.2) is 0 Å². The summed E-state index contributed by atoms with van der Waals surface area (Å²) < 4.78 is 16.9. The van der Waals surface area contributed by atoms with E-state index in [1.807, 2.05) is 48.5 Å². The lowest BCUT2D eigenvalue weighted by Crippen LogP contribution is -2.68. The van der Waals surface area contributed by atoms with Crippen LogP contribution in [0.2, 0.25) is 0 Å². The summed E-state index contributed by atoms with van der Waals surface area (Å²) in [6.07, 6.45) is 1.78. The van der Waals surface area contributed by atoms with Gasteiger partial charge >= 0.3 is 5.97 Å². The SMILES string of the molecule is COc1ccc(C(c2ccc(OC)cc2)N2C(=O)[C@H](C(C)O)[C@H]2C(=O)OC2CC(C)CCC2C(C)C)cc1. The molecule has 1 heterocycles. The standard InChI is InChI=1S/C31H41NO6/c1-18(2)25-16-7-19(3)17-26(25)38-31(35)29-27(20(4)33)30(34)32(29)28(21-8-12-23(36-5)13-9-21)22-10-14-24(37-6)15-11-22/h8-15,18-20,25-29,33H,7,16-17H2,1-6H3/t19?,20?,25?,26?,27-,29+/m1/s1. The first-order valence-electron chi connectivity index (χ1n) is 13.6. The fourth-order valence-electron chi connectivity index (χ4n) is 6.11. The molecular formula is C31H41NO6. The Kier molecular flexibility index (Phi) is 8.66. The van der Waals surface area contributed by atoms with Crippen LogP contribution < -0.4 is 9.47 Å². The minimum atomic E-state index is -0.977. The van der Waals surface area contributed by atoms with E-state index in [-0.39, 0.29) is 17.9 Å². The number of methoxy groups -OCH3 is 2. The van der Waals surface area contributed by atoms with E-state index >= 15 is 0 Å². The predicted octanol–water partition coefficient (Wildman–Crippen LogP) is 5.01. The number of hydrogen-bond acceptors (Lipinski definition) is 6. The molecule has 2 fully saturated rings. The molecule has 1 saturated heterocycles. The molecule has 7 heteroatoms. The summed E-state index contributed by atoms with van der Waals surface area (Å²) in [6, 6.07) is 13.5. The maximum Gasteiger partial charge on any atom is 0.330 e. The summed E-state index contributed by atoms with van der Waals surface area (Å²) in [5.74, 6) is 0.980. The highest BCUT2D eigenvalue weighted by atomic mass is 16.5. The first kappa shape index (κ1) is 28.0. The Bertz CT molecular complexity index is 1050. The summed E-state index contributed by atoms with van der Waals surface area (Å²) in [6.45, 7) is 8.10. The van der Waals surface area contributed by atoms with Gasteiger partial charge in [0, 0.05) is 0 Å². The lowest BCUT2D eigenvalue weighted by molar-refractivity contribution is -0.190. The van der Waals surface area contributed by atoms with Gasteiger partial charge in [-0.1, -0.05) is 51.5 Å². The number of esters is 1. The topological polar surface area (TPSA) is 85.3 Å². The van der Waals surface area contributed by atoms with Gasteiger partial charge in [-0.15, -0.1) is 0 Å². The van der Waals surface area contributed by atoms with Crippen molar-refractivity contribution in [3.63, 3.8) is 0 Å². The summed E-state index contributed by atoms with van der Waals surface area (Å²) in [7, 11) is 3.20. The van der Waals surface area contributed by atoms with Crippen LogP contribution in [0.4, 0.5) is 0 Å². The molecular weight excluding hydrogens is 482 g/mol. The largest absolute Gasteiger partial charge is 0.497 e. The van der Waals surface area contributed by atoms with Crippen molar-refractivity contribution < 1.29 is 28.9 Å². The zero-order chi connectivity index (χ0) is 27.6. The highest BCUT2D eigenvalue weighted by molar-refractivity contribution is 5.98. The Morgan fingerprint density at radius 1 is 0.921 bits per heavy atom. The molecule has 1 saturated carbocycles. The van der Waals surface area contributed by atoms with Crippen molar-refractivity contribution in [3.8, 4) is 11.5 Å². The smallest absolute Gasteiger partial charge is 0.330 e. The van der Waals surface area contributed by atoms with Gasteiger partial charge in [-0.2, -0.15) is 0 Å². The highest BCUT2D eigenvalue weighted by Gasteiger charge is 2.57. The van der Waals surface area contributed by atoms with Gasteiger partial charge in [-0.05, 0) is 72.9 Å². The second-order valence-corrected chi connectivity index (χ2v) is 11.2. The van der Waals surface area contributed by atoms with E-state index < -0.39 is 30.1 Å². The molecule has 1 aliphatic heterocycles. The van der Waals surface area contributed by atoms with Gasteiger partial charge in [0.2, 0.25) is 5.91 Å². The van der Waals surface area contributed by atoms with E-state index in [1.54, 1.807) is 26.0 Å². The average Bonchev–Trinajstić information content (AvgIpc) is 2.89. The van der Waals surface area contributed by atoms with E-state index in [2.05, 4.69) is 20.8 Å². The van der Waals surface area contributed by atoms with E-state index in [4.69, 9.17) is 14.2 Å². The number of rotatable bonds is 9. The minimum Gasteiger partial charge on any atom is -0.497 e. The molecule has 0 spiro atoms. The maximum absolute atomic E-state index is 13.8. The number of benzene rings is 2. The molecule has 38 heavy (non-hydrogen) atoms. The molecule has 1 N–H and O–H groups in total. The number of aliphatic hydroxyl groups excluding tert-OH is 1. The second-order valence-electron chi connectivity index (χ2n) is 11.2. The van der Waals surface area contributed by atoms with E-state index in [9.17, 15) is 14.7 Å². The van der Waals surface area contributed by atoms with Crippen molar-refractivity contribution in [1.82, 2.24) is 4.90 Å². The van der Waals surface area contributed by atoms with Crippen LogP contribution in [0.15, 0.2) is 48.5 Å². The van der Waals surface area contributed by atoms with Gasteiger partial charge in [0.1, 0.15) is 23.6 Å².